The molecule has 150 valence electrons. The molecule has 1 fully saturated rings. The molecule has 1 aliphatic carbocycles. The summed E-state index contributed by atoms with van der Waals surface area (Å²) >= 11 is 0. The van der Waals surface area contributed by atoms with E-state index in [0.717, 1.165) is 31.1 Å². The Hall–Kier alpha value is -3.28. The molecule has 0 unspecified atom stereocenters. The first-order chi connectivity index (χ1) is 14.2. The number of ether oxygens (including phenoxy) is 2. The number of amides is 1. The van der Waals surface area contributed by atoms with Gasteiger partial charge in [-0.05, 0) is 37.1 Å². The summed E-state index contributed by atoms with van der Waals surface area (Å²) in [5.41, 5.74) is 1.83. The first-order valence-electron chi connectivity index (χ1n) is 9.78. The van der Waals surface area contributed by atoms with Crippen molar-refractivity contribution in [3.05, 3.63) is 59.6 Å². The van der Waals surface area contributed by atoms with Crippen LogP contribution in [0.25, 0.3) is 11.0 Å². The molecule has 1 aliphatic rings. The number of fused-ring (bicyclic) bond motifs is 1. The zero-order valence-corrected chi connectivity index (χ0v) is 16.6. The lowest BCUT2D eigenvalue weighted by Crippen LogP contribution is -2.35. The first kappa shape index (κ1) is 19.1. The molecule has 3 aromatic rings. The zero-order valence-electron chi connectivity index (χ0n) is 16.6. The lowest BCUT2D eigenvalue weighted by Gasteiger charge is -2.13. The second-order valence-corrected chi connectivity index (χ2v) is 7.11. The fourth-order valence-electron chi connectivity index (χ4n) is 3.66. The minimum atomic E-state index is -0.174. The average Bonchev–Trinajstić information content (AvgIpc) is 3.26. The van der Waals surface area contributed by atoms with E-state index >= 15 is 0 Å². The van der Waals surface area contributed by atoms with Gasteiger partial charge in [0.25, 0.3) is 5.91 Å². The monoisotopic (exact) mass is 392 g/mol. The molecule has 6 nitrogen and oxygen atoms in total. The quantitative estimate of drug-likeness (QED) is 0.700. The van der Waals surface area contributed by atoms with Crippen LogP contribution in [-0.4, -0.2) is 26.2 Å². The van der Waals surface area contributed by atoms with E-state index in [2.05, 4.69) is 10.3 Å². The van der Waals surface area contributed by atoms with Crippen LogP contribution in [0.15, 0.2) is 57.9 Å². The van der Waals surface area contributed by atoms with Gasteiger partial charge in [0.15, 0.2) is 11.3 Å². The standard InChI is InChI=1S/C23H24N2O4/c1-27-18-11-6-10-17(14-18)25-23-19(22(26)24-16-8-3-4-9-16)13-15-7-5-12-20(28-2)21(15)29-23/h5-7,10-14,16H,3-4,8-9H2,1-2H3,(H,24,26). The Balaban J connectivity index is 1.86. The highest BCUT2D eigenvalue weighted by molar-refractivity contribution is 5.97. The van der Waals surface area contributed by atoms with Gasteiger partial charge in [0.05, 0.1) is 19.9 Å². The summed E-state index contributed by atoms with van der Waals surface area (Å²) in [5, 5.41) is 3.91. The van der Waals surface area contributed by atoms with E-state index in [-0.39, 0.29) is 17.5 Å². The van der Waals surface area contributed by atoms with Crippen LogP contribution in [0.1, 0.15) is 36.0 Å². The van der Waals surface area contributed by atoms with Crippen molar-refractivity contribution in [2.45, 2.75) is 31.7 Å². The van der Waals surface area contributed by atoms with Gasteiger partial charge in [0, 0.05) is 17.5 Å². The van der Waals surface area contributed by atoms with Crippen LogP contribution < -0.4 is 20.3 Å². The molecule has 2 aromatic carbocycles. The van der Waals surface area contributed by atoms with E-state index in [4.69, 9.17) is 13.9 Å². The summed E-state index contributed by atoms with van der Waals surface area (Å²) < 4.78 is 16.8. The highest BCUT2D eigenvalue weighted by Crippen LogP contribution is 2.26. The number of carbonyl (C=O) groups excluding carboxylic acids is 1. The smallest absolute Gasteiger partial charge is 0.257 e. The fourth-order valence-corrected chi connectivity index (χ4v) is 3.66. The molecular weight excluding hydrogens is 368 g/mol. The minimum absolute atomic E-state index is 0.174. The van der Waals surface area contributed by atoms with Crippen LogP contribution in [0, 0.1) is 0 Å². The fraction of sp³-hybridized carbons (Fsp3) is 0.304. The predicted molar refractivity (Wildman–Crippen MR) is 111 cm³/mol. The van der Waals surface area contributed by atoms with Crippen LogP contribution in [0.4, 0.5) is 5.69 Å². The average molecular weight is 392 g/mol. The minimum Gasteiger partial charge on any atom is -0.497 e. The summed E-state index contributed by atoms with van der Waals surface area (Å²) in [6.45, 7) is 0. The van der Waals surface area contributed by atoms with E-state index in [1.165, 1.54) is 0 Å². The molecule has 0 atom stereocenters. The third kappa shape index (κ3) is 4.11. The normalized spacial score (nSPS) is 14.9. The number of methoxy groups -OCH3 is 2. The van der Waals surface area contributed by atoms with E-state index in [9.17, 15) is 4.79 Å². The van der Waals surface area contributed by atoms with Gasteiger partial charge in [-0.2, -0.15) is 0 Å². The number of hydrogen-bond donors (Lipinski definition) is 1. The molecule has 0 radical (unpaired) electrons. The van der Waals surface area contributed by atoms with Crippen LogP contribution in [0.3, 0.4) is 0 Å². The van der Waals surface area contributed by atoms with E-state index in [1.54, 1.807) is 20.3 Å². The summed E-state index contributed by atoms with van der Waals surface area (Å²) in [4.78, 5) is 17.7. The molecule has 4 rings (SSSR count). The van der Waals surface area contributed by atoms with Crippen molar-refractivity contribution in [3.8, 4) is 11.5 Å². The van der Waals surface area contributed by atoms with Gasteiger partial charge in [-0.3, -0.25) is 4.79 Å². The van der Waals surface area contributed by atoms with Crippen LogP contribution >= 0.6 is 0 Å². The molecule has 1 aromatic heterocycles. The van der Waals surface area contributed by atoms with Gasteiger partial charge in [-0.25, -0.2) is 4.99 Å². The Labute approximate surface area is 169 Å². The van der Waals surface area contributed by atoms with Gasteiger partial charge in [-0.1, -0.05) is 31.0 Å². The summed E-state index contributed by atoms with van der Waals surface area (Å²) in [6, 6.07) is 14.9. The maximum Gasteiger partial charge on any atom is 0.257 e. The van der Waals surface area contributed by atoms with Gasteiger partial charge in [-0.15, -0.1) is 0 Å². The second-order valence-electron chi connectivity index (χ2n) is 7.11. The molecule has 1 N–H and O–H groups in total. The number of nitrogens with zero attached hydrogens (tertiary/aromatic N) is 1. The van der Waals surface area contributed by atoms with Crippen LogP contribution in [-0.2, 0) is 0 Å². The summed E-state index contributed by atoms with van der Waals surface area (Å²) in [7, 11) is 3.19. The Bertz CT molecular complexity index is 1100. The molecule has 0 aliphatic heterocycles. The van der Waals surface area contributed by atoms with E-state index in [1.807, 2.05) is 42.5 Å². The molecule has 29 heavy (non-hydrogen) atoms. The van der Waals surface area contributed by atoms with Crippen molar-refractivity contribution < 1.29 is 18.7 Å². The molecule has 0 saturated heterocycles. The second kappa shape index (κ2) is 8.39. The van der Waals surface area contributed by atoms with Gasteiger partial charge in [0.1, 0.15) is 11.3 Å². The van der Waals surface area contributed by atoms with Gasteiger partial charge in [0.2, 0.25) is 5.55 Å². The Morgan fingerprint density at radius 2 is 1.86 bits per heavy atom. The van der Waals surface area contributed by atoms with Crippen molar-refractivity contribution >= 4 is 22.6 Å². The number of para-hydroxylation sites is 1. The highest BCUT2D eigenvalue weighted by Gasteiger charge is 2.20. The predicted octanol–water partition coefficient (Wildman–Crippen LogP) is 4.35. The lowest BCUT2D eigenvalue weighted by molar-refractivity contribution is 0.0934. The lowest BCUT2D eigenvalue weighted by atomic mass is 10.1. The van der Waals surface area contributed by atoms with Gasteiger partial charge >= 0.3 is 0 Å². The van der Waals surface area contributed by atoms with Crippen LogP contribution in [0.2, 0.25) is 0 Å². The molecular formula is C23H24N2O4. The van der Waals surface area contributed by atoms with Crippen LogP contribution in [0.5, 0.6) is 11.5 Å². The Kier molecular flexibility index (Phi) is 5.51. The molecule has 1 saturated carbocycles. The summed E-state index contributed by atoms with van der Waals surface area (Å²) in [5.74, 6) is 1.10. The first-order valence-corrected chi connectivity index (χ1v) is 9.78. The Morgan fingerprint density at radius 1 is 1.07 bits per heavy atom. The van der Waals surface area contributed by atoms with Gasteiger partial charge < -0.3 is 19.2 Å². The largest absolute Gasteiger partial charge is 0.497 e. The van der Waals surface area contributed by atoms with Crippen molar-refractivity contribution in [2.24, 2.45) is 4.99 Å². The SMILES string of the molecule is COc1cccc(N=c2oc3c(OC)cccc3cc2C(=O)NC2CCCC2)c1. The molecule has 0 spiro atoms. The maximum atomic E-state index is 13.0. The number of benzene rings is 2. The summed E-state index contributed by atoms with van der Waals surface area (Å²) in [6.07, 6.45) is 4.30. The highest BCUT2D eigenvalue weighted by atomic mass is 16.5. The van der Waals surface area contributed by atoms with Crippen molar-refractivity contribution in [2.75, 3.05) is 14.2 Å². The zero-order chi connectivity index (χ0) is 20.2. The number of carbonyl (C=O) groups is 1. The number of rotatable bonds is 5. The molecule has 6 heteroatoms. The number of hydrogen-bond acceptors (Lipinski definition) is 5. The van der Waals surface area contributed by atoms with E-state index in [0.29, 0.717) is 28.3 Å². The van der Waals surface area contributed by atoms with Crippen molar-refractivity contribution in [1.29, 1.82) is 0 Å². The van der Waals surface area contributed by atoms with Crippen molar-refractivity contribution in [3.63, 3.8) is 0 Å². The third-order valence-corrected chi connectivity index (χ3v) is 5.18. The Morgan fingerprint density at radius 3 is 2.62 bits per heavy atom. The third-order valence-electron chi connectivity index (χ3n) is 5.18. The molecule has 1 amide bonds. The molecule has 1 heterocycles. The maximum absolute atomic E-state index is 13.0. The number of nitrogens with one attached hydrogen (secondary N) is 1. The van der Waals surface area contributed by atoms with E-state index < -0.39 is 0 Å². The van der Waals surface area contributed by atoms with Crippen molar-refractivity contribution in [1.82, 2.24) is 5.32 Å². The molecule has 0 bridgehead atoms. The topological polar surface area (TPSA) is 73.1 Å².